The molecule has 0 radical (unpaired) electrons. The predicted molar refractivity (Wildman–Crippen MR) is 216 cm³/mol. The highest BCUT2D eigenvalue weighted by Gasteiger charge is 2.29. The summed E-state index contributed by atoms with van der Waals surface area (Å²) in [5, 5.41) is 6.18. The van der Waals surface area contributed by atoms with Gasteiger partial charge in [0, 0.05) is 81.4 Å². The van der Waals surface area contributed by atoms with E-state index in [-0.39, 0.29) is 29.4 Å². The topological polar surface area (TPSA) is 103 Å². The van der Waals surface area contributed by atoms with Gasteiger partial charge in [0.1, 0.15) is 35.3 Å². The second-order valence-corrected chi connectivity index (χ2v) is 14.4. The molecule has 0 spiro atoms. The number of benzene rings is 3. The smallest absolute Gasteiger partial charge is 0.255 e. The number of hydrogen-bond acceptors (Lipinski definition) is 9. The van der Waals surface area contributed by atoms with Crippen LogP contribution in [0.5, 0.6) is 5.75 Å². The molecule has 57 heavy (non-hydrogen) atoms. The van der Waals surface area contributed by atoms with Crippen LogP contribution in [-0.2, 0) is 0 Å². The summed E-state index contributed by atoms with van der Waals surface area (Å²) >= 11 is 6.94. The first-order valence-corrected chi connectivity index (χ1v) is 19.3. The molecule has 5 heterocycles. The second-order valence-electron chi connectivity index (χ2n) is 14.0. The number of piperidine rings is 1. The maximum atomic E-state index is 16.3. The Hall–Kier alpha value is -5.70. The van der Waals surface area contributed by atoms with E-state index in [1.165, 1.54) is 6.07 Å². The molecule has 3 aromatic heterocycles. The van der Waals surface area contributed by atoms with Crippen LogP contribution in [0.15, 0.2) is 91.3 Å². The summed E-state index contributed by atoms with van der Waals surface area (Å²) in [7, 11) is 1.59. The number of nitrogens with zero attached hydrogens (tertiary/aromatic N) is 7. The normalized spacial score (nSPS) is 15.6. The fourth-order valence-corrected chi connectivity index (χ4v) is 8.00. The lowest BCUT2D eigenvalue weighted by Crippen LogP contribution is -2.53. The summed E-state index contributed by atoms with van der Waals surface area (Å²) in [4.78, 5) is 33.9. The number of anilines is 4. The number of alkyl halides is 1. The molecule has 11 nitrogen and oxygen atoms in total. The van der Waals surface area contributed by atoms with E-state index >= 15 is 8.78 Å². The Balaban J connectivity index is 1.04. The minimum atomic E-state index is -0.979. The molecule has 3 aromatic carbocycles. The van der Waals surface area contributed by atoms with Crippen LogP contribution in [0.3, 0.4) is 0 Å². The molecule has 0 atom stereocenters. The monoisotopic (exact) mass is 795 g/mol. The molecule has 0 aliphatic carbocycles. The number of hydrogen-bond donors (Lipinski definition) is 2. The van der Waals surface area contributed by atoms with Gasteiger partial charge in [-0.3, -0.25) is 19.0 Å². The van der Waals surface area contributed by atoms with Gasteiger partial charge in [0.2, 0.25) is 5.95 Å². The minimum Gasteiger partial charge on any atom is -0.494 e. The van der Waals surface area contributed by atoms with Crippen LogP contribution >= 0.6 is 11.6 Å². The van der Waals surface area contributed by atoms with Crippen molar-refractivity contribution in [1.82, 2.24) is 29.2 Å². The van der Waals surface area contributed by atoms with E-state index in [1.54, 1.807) is 78.5 Å². The SMILES string of the molecule is COc1cc(N2CCC(N3CCN(CCF)CC3)CC2)c(Cl)cc1Nc1nccc(-c2c(-c3ccc(F)c(NC(=O)c4ccccc4)c3F)nc3ccccn23)n1. The maximum absolute atomic E-state index is 16.3. The van der Waals surface area contributed by atoms with Gasteiger partial charge in [-0.15, -0.1) is 0 Å². The molecule has 294 valence electrons. The van der Waals surface area contributed by atoms with E-state index in [4.69, 9.17) is 26.3 Å². The number of nitrogens with one attached hydrogen (secondary N) is 2. The molecule has 2 N–H and O–H groups in total. The largest absolute Gasteiger partial charge is 0.494 e. The number of carbonyl (C=O) groups excluding carboxylic acids is 1. The first kappa shape index (κ1) is 38.2. The number of piperazine rings is 1. The van der Waals surface area contributed by atoms with Crippen molar-refractivity contribution in [3.05, 3.63) is 113 Å². The summed E-state index contributed by atoms with van der Waals surface area (Å²) in [5.41, 5.74) is 2.56. The van der Waals surface area contributed by atoms with Gasteiger partial charge in [-0.2, -0.15) is 0 Å². The molecule has 0 bridgehead atoms. The van der Waals surface area contributed by atoms with Gasteiger partial charge in [-0.05, 0) is 61.4 Å². The first-order chi connectivity index (χ1) is 27.8. The van der Waals surface area contributed by atoms with Crippen molar-refractivity contribution < 1.29 is 22.7 Å². The summed E-state index contributed by atoms with van der Waals surface area (Å²) < 4.78 is 51.8. The quantitative estimate of drug-likeness (QED) is 0.135. The van der Waals surface area contributed by atoms with E-state index in [0.717, 1.165) is 63.9 Å². The van der Waals surface area contributed by atoms with Gasteiger partial charge in [0.05, 0.1) is 34.9 Å². The molecule has 1 amide bonds. The fraction of sp³-hybridized carbons (Fsp3) is 0.286. The summed E-state index contributed by atoms with van der Waals surface area (Å²) in [6.07, 6.45) is 5.34. The van der Waals surface area contributed by atoms with Gasteiger partial charge in [-0.25, -0.2) is 28.1 Å². The maximum Gasteiger partial charge on any atom is 0.255 e. The molecule has 2 fully saturated rings. The van der Waals surface area contributed by atoms with Crippen LogP contribution < -0.4 is 20.3 Å². The number of aromatic nitrogens is 4. The third kappa shape index (κ3) is 7.98. The van der Waals surface area contributed by atoms with Gasteiger partial charge in [-0.1, -0.05) is 35.9 Å². The lowest BCUT2D eigenvalue weighted by molar-refractivity contribution is 0.0816. The molecule has 2 aliphatic rings. The third-order valence-corrected chi connectivity index (χ3v) is 11.0. The molecule has 0 unspecified atom stereocenters. The Bertz CT molecular complexity index is 2380. The number of ether oxygens (including phenoxy) is 1. The van der Waals surface area contributed by atoms with Crippen LogP contribution in [0.4, 0.5) is 36.2 Å². The lowest BCUT2D eigenvalue weighted by atomic mass is 10.0. The summed E-state index contributed by atoms with van der Waals surface area (Å²) in [6, 6.07) is 21.8. The first-order valence-electron chi connectivity index (χ1n) is 18.9. The number of methoxy groups -OCH3 is 1. The number of amides is 1. The van der Waals surface area contributed by atoms with E-state index in [1.807, 2.05) is 12.1 Å². The molecule has 0 saturated carbocycles. The van der Waals surface area contributed by atoms with E-state index in [9.17, 15) is 9.18 Å². The third-order valence-electron chi connectivity index (χ3n) is 10.7. The van der Waals surface area contributed by atoms with Crippen molar-refractivity contribution >= 4 is 46.2 Å². The average Bonchev–Trinajstić information content (AvgIpc) is 3.63. The van der Waals surface area contributed by atoms with Crippen LogP contribution in [0.1, 0.15) is 23.2 Å². The molecule has 15 heteroatoms. The Kier molecular flexibility index (Phi) is 11.3. The van der Waals surface area contributed by atoms with Crippen molar-refractivity contribution in [2.75, 3.05) is 75.1 Å². The van der Waals surface area contributed by atoms with Gasteiger partial charge in [0.15, 0.2) is 5.82 Å². The number of rotatable bonds is 11. The average molecular weight is 796 g/mol. The standard InChI is InChI=1S/C42H41ClF3N9O2/c1-57-35-26-34(54-18-13-28(14-19-54)53-23-21-52(20-15-44)22-24-53)30(43)25-33(35)49-42-47-16-12-32(48-42)40-38(50-36-9-5-6-17-55(36)40)29-10-11-31(45)39(37(29)46)51-41(56)27-7-3-2-4-8-27/h2-12,16-17,25-26,28H,13-15,18-24H2,1H3,(H,51,56)(H,47,48,49). The fourth-order valence-electron chi connectivity index (χ4n) is 7.72. The van der Waals surface area contributed by atoms with Crippen molar-refractivity contribution in [3.8, 4) is 28.4 Å². The Morgan fingerprint density at radius 2 is 1.70 bits per heavy atom. The van der Waals surface area contributed by atoms with Crippen molar-refractivity contribution in [3.63, 3.8) is 0 Å². The summed E-state index contributed by atoms with van der Waals surface area (Å²) in [5.74, 6) is -1.80. The zero-order valence-electron chi connectivity index (χ0n) is 31.3. The number of carbonyl (C=O) groups is 1. The minimum absolute atomic E-state index is 0.0317. The van der Waals surface area contributed by atoms with Crippen LogP contribution in [-0.4, -0.2) is 101 Å². The Labute approximate surface area is 333 Å². The van der Waals surface area contributed by atoms with E-state index in [2.05, 4.69) is 30.3 Å². The van der Waals surface area contributed by atoms with Crippen LogP contribution in [0, 0.1) is 11.6 Å². The van der Waals surface area contributed by atoms with E-state index < -0.39 is 23.2 Å². The highest BCUT2D eigenvalue weighted by atomic mass is 35.5. The second kappa shape index (κ2) is 16.8. The molecule has 8 rings (SSSR count). The van der Waals surface area contributed by atoms with Crippen molar-refractivity contribution in [2.24, 2.45) is 0 Å². The molecule has 2 saturated heterocycles. The van der Waals surface area contributed by atoms with Crippen molar-refractivity contribution in [1.29, 1.82) is 0 Å². The Morgan fingerprint density at radius 3 is 2.46 bits per heavy atom. The Morgan fingerprint density at radius 1 is 0.930 bits per heavy atom. The molecule has 2 aliphatic heterocycles. The zero-order valence-corrected chi connectivity index (χ0v) is 32.0. The molecular weight excluding hydrogens is 755 g/mol. The van der Waals surface area contributed by atoms with Crippen LogP contribution in [0.25, 0.3) is 28.3 Å². The van der Waals surface area contributed by atoms with Gasteiger partial charge in [0.25, 0.3) is 5.91 Å². The summed E-state index contributed by atoms with van der Waals surface area (Å²) in [6.45, 7) is 5.61. The highest BCUT2D eigenvalue weighted by Crippen LogP contribution is 2.40. The number of halogens is 4. The zero-order chi connectivity index (χ0) is 39.5. The van der Waals surface area contributed by atoms with Crippen molar-refractivity contribution in [2.45, 2.75) is 18.9 Å². The van der Waals surface area contributed by atoms with E-state index in [0.29, 0.717) is 46.1 Å². The van der Waals surface area contributed by atoms with Gasteiger partial charge >= 0.3 is 0 Å². The number of fused-ring (bicyclic) bond motifs is 1. The molecular formula is C42H41ClF3N9O2. The van der Waals surface area contributed by atoms with Gasteiger partial charge < -0.3 is 20.3 Å². The number of pyridine rings is 1. The highest BCUT2D eigenvalue weighted by molar-refractivity contribution is 6.33. The predicted octanol–water partition coefficient (Wildman–Crippen LogP) is 7.95. The lowest BCUT2D eigenvalue weighted by Gasteiger charge is -2.43. The van der Waals surface area contributed by atoms with Crippen LogP contribution in [0.2, 0.25) is 5.02 Å². The number of imidazole rings is 1. The molecule has 6 aromatic rings.